The smallest absolute Gasteiger partial charge is 0.367 e. The molecular weight excluding hydrogens is 229 g/mol. The van der Waals surface area contributed by atoms with Gasteiger partial charge in [0.25, 0.3) is 0 Å². The van der Waals surface area contributed by atoms with Crippen molar-refractivity contribution in [3.63, 3.8) is 0 Å². The molecule has 1 atom stereocenters. The minimum atomic E-state index is -3.69. The highest BCUT2D eigenvalue weighted by Crippen LogP contribution is 2.61. The lowest BCUT2D eigenvalue weighted by atomic mass is 10.1. The third kappa shape index (κ3) is 2.05. The Labute approximate surface area is 94.7 Å². The van der Waals surface area contributed by atoms with Gasteiger partial charge >= 0.3 is 7.60 Å². The molecule has 1 aromatic carbocycles. The van der Waals surface area contributed by atoms with Crippen molar-refractivity contribution in [2.45, 2.75) is 5.34 Å². The van der Waals surface area contributed by atoms with E-state index in [1.807, 2.05) is 0 Å². The van der Waals surface area contributed by atoms with Gasteiger partial charge in [-0.3, -0.25) is 4.57 Å². The maximum Gasteiger partial charge on any atom is 0.367 e. The largest absolute Gasteiger partial charge is 0.372 e. The van der Waals surface area contributed by atoms with Crippen LogP contribution in [0.3, 0.4) is 0 Å². The van der Waals surface area contributed by atoms with E-state index in [9.17, 15) is 9.67 Å². The Morgan fingerprint density at radius 2 is 1.81 bits per heavy atom. The minimum absolute atomic E-state index is 0.254. The van der Waals surface area contributed by atoms with Crippen LogP contribution >= 0.6 is 7.60 Å². The van der Waals surface area contributed by atoms with Crippen molar-refractivity contribution in [1.29, 1.82) is 0 Å². The Morgan fingerprint density at radius 1 is 1.31 bits per heavy atom. The Morgan fingerprint density at radius 3 is 2.19 bits per heavy atom. The Bertz CT molecular complexity index is 376. The summed E-state index contributed by atoms with van der Waals surface area (Å²) < 4.78 is 21.8. The highest BCUT2D eigenvalue weighted by molar-refractivity contribution is 7.54. The zero-order chi connectivity index (χ0) is 12.2. The maximum absolute atomic E-state index is 12.2. The fourth-order valence-corrected chi connectivity index (χ4v) is 2.91. The van der Waals surface area contributed by atoms with E-state index >= 15 is 0 Å². The summed E-state index contributed by atoms with van der Waals surface area (Å²) in [5.74, 6) is 0. The highest BCUT2D eigenvalue weighted by Gasteiger charge is 2.49. The summed E-state index contributed by atoms with van der Waals surface area (Å²) in [5, 5.41) is 8.55. The molecule has 90 valence electrons. The maximum atomic E-state index is 12.2. The van der Waals surface area contributed by atoms with Gasteiger partial charge < -0.3 is 19.9 Å². The van der Waals surface area contributed by atoms with Crippen LogP contribution in [0.15, 0.2) is 30.3 Å². The molecule has 0 aliphatic rings. The predicted molar refractivity (Wildman–Crippen MR) is 61.0 cm³/mol. The number of hydrogen-bond acceptors (Lipinski definition) is 5. The first-order valence-corrected chi connectivity index (χ1v) is 6.28. The lowest BCUT2D eigenvalue weighted by Crippen LogP contribution is -2.35. The van der Waals surface area contributed by atoms with Crippen LogP contribution in [0.2, 0.25) is 0 Å². The first kappa shape index (κ1) is 13.4. The molecule has 5 nitrogen and oxygen atoms in total. The highest BCUT2D eigenvalue weighted by atomic mass is 31.2. The van der Waals surface area contributed by atoms with E-state index in [1.165, 1.54) is 14.2 Å². The molecule has 0 spiro atoms. The SMILES string of the molecule is COP(=O)(OC)[C@@](O)(CN)c1ccccc1. The van der Waals surface area contributed by atoms with Crippen LogP contribution in [0.4, 0.5) is 0 Å². The Balaban J connectivity index is 3.27. The van der Waals surface area contributed by atoms with E-state index in [4.69, 9.17) is 14.8 Å². The van der Waals surface area contributed by atoms with Crippen molar-refractivity contribution >= 4 is 7.60 Å². The van der Waals surface area contributed by atoms with Crippen molar-refractivity contribution in [1.82, 2.24) is 0 Å². The van der Waals surface area contributed by atoms with Crippen LogP contribution in [0.1, 0.15) is 5.56 Å². The predicted octanol–water partition coefficient (Wildman–Crippen LogP) is 1.28. The van der Waals surface area contributed by atoms with Gasteiger partial charge in [-0.2, -0.15) is 0 Å². The second-order valence-electron chi connectivity index (χ2n) is 3.25. The van der Waals surface area contributed by atoms with Crippen LogP contribution in [0.5, 0.6) is 0 Å². The summed E-state index contributed by atoms with van der Waals surface area (Å²) in [6, 6.07) is 8.46. The molecule has 0 heterocycles. The molecule has 0 saturated heterocycles. The zero-order valence-corrected chi connectivity index (χ0v) is 10.2. The average molecular weight is 245 g/mol. The molecule has 0 aliphatic carbocycles. The minimum Gasteiger partial charge on any atom is -0.372 e. The second kappa shape index (κ2) is 5.08. The molecule has 0 aliphatic heterocycles. The van der Waals surface area contributed by atoms with Gasteiger partial charge in [0.05, 0.1) is 0 Å². The van der Waals surface area contributed by atoms with E-state index in [-0.39, 0.29) is 6.54 Å². The van der Waals surface area contributed by atoms with Crippen molar-refractivity contribution in [3.8, 4) is 0 Å². The van der Waals surface area contributed by atoms with Gasteiger partial charge in [-0.15, -0.1) is 0 Å². The fourth-order valence-electron chi connectivity index (χ4n) is 1.47. The number of hydrogen-bond donors (Lipinski definition) is 2. The van der Waals surface area contributed by atoms with Gasteiger partial charge in [-0.05, 0) is 5.56 Å². The third-order valence-corrected chi connectivity index (χ3v) is 4.76. The van der Waals surface area contributed by atoms with Crippen LogP contribution in [-0.2, 0) is 19.0 Å². The van der Waals surface area contributed by atoms with Gasteiger partial charge in [0.1, 0.15) is 0 Å². The lowest BCUT2D eigenvalue weighted by Gasteiger charge is -2.32. The molecule has 0 radical (unpaired) electrons. The van der Waals surface area contributed by atoms with Gasteiger partial charge in [-0.1, -0.05) is 30.3 Å². The molecule has 0 saturated carbocycles. The number of benzene rings is 1. The van der Waals surface area contributed by atoms with E-state index in [1.54, 1.807) is 30.3 Å². The molecule has 3 N–H and O–H groups in total. The van der Waals surface area contributed by atoms with Gasteiger partial charge in [-0.25, -0.2) is 0 Å². The standard InChI is InChI=1S/C10H16NO4P/c1-14-16(13,15-2)10(12,8-11)9-6-4-3-5-7-9/h3-7,12H,8,11H2,1-2H3/t10-/m0/s1. The van der Waals surface area contributed by atoms with Crippen LogP contribution in [0.25, 0.3) is 0 Å². The fraction of sp³-hybridized carbons (Fsp3) is 0.400. The van der Waals surface area contributed by atoms with Crippen LogP contribution < -0.4 is 5.73 Å². The van der Waals surface area contributed by atoms with Crippen molar-refractivity contribution < 1.29 is 18.7 Å². The van der Waals surface area contributed by atoms with E-state index in [0.717, 1.165) is 0 Å². The number of aliphatic hydroxyl groups is 1. The quantitative estimate of drug-likeness (QED) is 0.763. The number of rotatable bonds is 5. The first-order valence-electron chi connectivity index (χ1n) is 4.73. The molecule has 0 aromatic heterocycles. The first-order chi connectivity index (χ1) is 7.54. The summed E-state index contributed by atoms with van der Waals surface area (Å²) in [6.07, 6.45) is 0. The van der Waals surface area contributed by atoms with Crippen molar-refractivity contribution in [3.05, 3.63) is 35.9 Å². The third-order valence-electron chi connectivity index (χ3n) is 2.45. The Hall–Kier alpha value is -0.710. The Kier molecular flexibility index (Phi) is 4.24. The summed E-state index contributed by atoms with van der Waals surface area (Å²) in [7, 11) is -1.26. The van der Waals surface area contributed by atoms with Gasteiger partial charge in [0.2, 0.25) is 5.34 Å². The lowest BCUT2D eigenvalue weighted by molar-refractivity contribution is 0.0840. The van der Waals surface area contributed by atoms with E-state index < -0.39 is 12.9 Å². The molecule has 0 fully saturated rings. The normalized spacial score (nSPS) is 15.8. The molecule has 0 unspecified atom stereocenters. The van der Waals surface area contributed by atoms with E-state index in [0.29, 0.717) is 5.56 Å². The average Bonchev–Trinajstić information content (AvgIpc) is 2.37. The molecular formula is C10H16NO4P. The topological polar surface area (TPSA) is 81.8 Å². The van der Waals surface area contributed by atoms with Crippen molar-refractivity contribution in [2.75, 3.05) is 20.8 Å². The summed E-state index contributed by atoms with van der Waals surface area (Å²) in [5.41, 5.74) is 5.90. The molecule has 16 heavy (non-hydrogen) atoms. The summed E-state index contributed by atoms with van der Waals surface area (Å²) >= 11 is 0. The molecule has 0 bridgehead atoms. The van der Waals surface area contributed by atoms with Crippen molar-refractivity contribution in [2.24, 2.45) is 5.73 Å². The monoisotopic (exact) mass is 245 g/mol. The van der Waals surface area contributed by atoms with Gasteiger partial charge in [0, 0.05) is 20.8 Å². The molecule has 0 amide bonds. The summed E-state index contributed by atoms with van der Waals surface area (Å²) in [4.78, 5) is 0. The van der Waals surface area contributed by atoms with Crippen LogP contribution in [0, 0.1) is 0 Å². The van der Waals surface area contributed by atoms with Crippen LogP contribution in [-0.4, -0.2) is 25.9 Å². The second-order valence-corrected chi connectivity index (χ2v) is 5.71. The van der Waals surface area contributed by atoms with E-state index in [2.05, 4.69) is 0 Å². The molecule has 1 rings (SSSR count). The zero-order valence-electron chi connectivity index (χ0n) is 9.29. The molecule has 6 heteroatoms. The summed E-state index contributed by atoms with van der Waals surface area (Å²) in [6.45, 7) is -0.254. The van der Waals surface area contributed by atoms with Gasteiger partial charge in [0.15, 0.2) is 0 Å². The number of nitrogens with two attached hydrogens (primary N) is 1. The molecule has 1 aromatic rings.